The topological polar surface area (TPSA) is 127 Å². The molecule has 0 heterocycles. The van der Waals surface area contributed by atoms with Gasteiger partial charge in [-0.3, -0.25) is 14.9 Å². The van der Waals surface area contributed by atoms with Crippen molar-refractivity contribution in [2.75, 3.05) is 6.54 Å². The predicted molar refractivity (Wildman–Crippen MR) is 65.2 cm³/mol. The summed E-state index contributed by atoms with van der Waals surface area (Å²) < 4.78 is 25.7. The molecule has 0 aromatic heterocycles. The molecular formula is C10H12N2O6S. The van der Waals surface area contributed by atoms with Crippen molar-refractivity contribution in [2.24, 2.45) is 0 Å². The Balaban J connectivity index is 2.66. The zero-order valence-electron chi connectivity index (χ0n) is 9.77. The highest BCUT2D eigenvalue weighted by Gasteiger charge is 2.15. The maximum Gasteiger partial charge on any atom is 0.303 e. The third-order valence-corrected chi connectivity index (χ3v) is 3.69. The molecule has 0 bridgehead atoms. The zero-order valence-corrected chi connectivity index (χ0v) is 10.6. The molecule has 1 aromatic rings. The SMILES string of the molecule is O=C(O)CCCNS(=O)(=O)c1ccc([N+](=O)[O-])cc1. The van der Waals surface area contributed by atoms with Gasteiger partial charge in [0.2, 0.25) is 10.0 Å². The van der Waals surface area contributed by atoms with Crippen molar-refractivity contribution in [3.05, 3.63) is 34.4 Å². The number of nitro groups is 1. The van der Waals surface area contributed by atoms with Crippen LogP contribution in [0.25, 0.3) is 0 Å². The third-order valence-electron chi connectivity index (χ3n) is 2.22. The summed E-state index contributed by atoms with van der Waals surface area (Å²) in [5.41, 5.74) is -0.204. The molecule has 19 heavy (non-hydrogen) atoms. The van der Waals surface area contributed by atoms with E-state index in [9.17, 15) is 23.3 Å². The Morgan fingerprint density at radius 2 is 1.89 bits per heavy atom. The minimum atomic E-state index is -3.77. The van der Waals surface area contributed by atoms with Crippen LogP contribution in [0.2, 0.25) is 0 Å². The van der Waals surface area contributed by atoms with Crippen LogP contribution in [0.5, 0.6) is 0 Å². The van der Waals surface area contributed by atoms with Crippen LogP contribution in [0.4, 0.5) is 5.69 Å². The first-order chi connectivity index (χ1) is 8.83. The van der Waals surface area contributed by atoms with Crippen LogP contribution in [-0.4, -0.2) is 31.0 Å². The van der Waals surface area contributed by atoms with Crippen molar-refractivity contribution in [1.82, 2.24) is 4.72 Å². The van der Waals surface area contributed by atoms with E-state index in [1.807, 2.05) is 0 Å². The summed E-state index contributed by atoms with van der Waals surface area (Å²) >= 11 is 0. The molecule has 104 valence electrons. The Morgan fingerprint density at radius 3 is 2.37 bits per heavy atom. The van der Waals surface area contributed by atoms with Gasteiger partial charge < -0.3 is 5.11 Å². The van der Waals surface area contributed by atoms with E-state index in [4.69, 9.17) is 5.11 Å². The number of nitrogens with one attached hydrogen (secondary N) is 1. The van der Waals surface area contributed by atoms with Crippen LogP contribution >= 0.6 is 0 Å². The van der Waals surface area contributed by atoms with E-state index >= 15 is 0 Å². The maximum absolute atomic E-state index is 11.7. The van der Waals surface area contributed by atoms with Gasteiger partial charge in [0.1, 0.15) is 0 Å². The number of carboxylic acid groups (broad SMARTS) is 1. The summed E-state index contributed by atoms with van der Waals surface area (Å²) in [7, 11) is -3.77. The summed E-state index contributed by atoms with van der Waals surface area (Å²) in [4.78, 5) is 19.9. The van der Waals surface area contributed by atoms with Crippen LogP contribution in [0.15, 0.2) is 29.2 Å². The van der Waals surface area contributed by atoms with Crippen molar-refractivity contribution < 1.29 is 23.2 Å². The van der Waals surface area contributed by atoms with E-state index in [0.29, 0.717) is 0 Å². The monoisotopic (exact) mass is 288 g/mol. The molecular weight excluding hydrogens is 276 g/mol. The lowest BCUT2D eigenvalue weighted by atomic mass is 10.3. The highest BCUT2D eigenvalue weighted by atomic mass is 32.2. The smallest absolute Gasteiger partial charge is 0.303 e. The Morgan fingerprint density at radius 1 is 1.32 bits per heavy atom. The molecule has 0 radical (unpaired) electrons. The zero-order chi connectivity index (χ0) is 14.5. The lowest BCUT2D eigenvalue weighted by molar-refractivity contribution is -0.384. The lowest BCUT2D eigenvalue weighted by Crippen LogP contribution is -2.25. The first-order valence-corrected chi connectivity index (χ1v) is 6.77. The fraction of sp³-hybridized carbons (Fsp3) is 0.300. The molecule has 0 aliphatic carbocycles. The number of nitro benzene ring substituents is 1. The van der Waals surface area contributed by atoms with E-state index in [-0.39, 0.29) is 30.0 Å². The molecule has 0 saturated heterocycles. The fourth-order valence-electron chi connectivity index (χ4n) is 1.28. The number of rotatable bonds is 7. The quantitative estimate of drug-likeness (QED) is 0.433. The van der Waals surface area contributed by atoms with Crippen molar-refractivity contribution >= 4 is 21.7 Å². The molecule has 0 aliphatic heterocycles. The largest absolute Gasteiger partial charge is 0.481 e. The van der Waals surface area contributed by atoms with Gasteiger partial charge in [-0.2, -0.15) is 0 Å². The average molecular weight is 288 g/mol. The Kier molecular flexibility index (Phi) is 4.95. The van der Waals surface area contributed by atoms with Gasteiger partial charge in [0, 0.05) is 25.1 Å². The van der Waals surface area contributed by atoms with E-state index < -0.39 is 20.9 Å². The second-order valence-corrected chi connectivity index (χ2v) is 5.41. The van der Waals surface area contributed by atoms with E-state index in [2.05, 4.69) is 4.72 Å². The van der Waals surface area contributed by atoms with Crippen molar-refractivity contribution in [3.63, 3.8) is 0 Å². The van der Waals surface area contributed by atoms with Gasteiger partial charge in [0.05, 0.1) is 9.82 Å². The number of carbonyl (C=O) groups is 1. The molecule has 0 fully saturated rings. The van der Waals surface area contributed by atoms with Crippen molar-refractivity contribution in [3.8, 4) is 0 Å². The fourth-order valence-corrected chi connectivity index (χ4v) is 2.35. The first kappa shape index (κ1) is 15.1. The summed E-state index contributed by atoms with van der Waals surface area (Å²) in [5.74, 6) is -1.01. The molecule has 8 nitrogen and oxygen atoms in total. The second-order valence-electron chi connectivity index (χ2n) is 3.65. The maximum atomic E-state index is 11.7. The standard InChI is InChI=1S/C10H12N2O6S/c13-10(14)2-1-7-11-19(17,18)9-5-3-8(4-6-9)12(15)16/h3-6,11H,1-2,7H2,(H,13,14). The number of sulfonamides is 1. The molecule has 0 amide bonds. The minimum absolute atomic E-state index is 0.00831. The number of hydrogen-bond donors (Lipinski definition) is 2. The van der Waals surface area contributed by atoms with Gasteiger partial charge in [-0.25, -0.2) is 13.1 Å². The molecule has 0 atom stereocenters. The molecule has 0 unspecified atom stereocenters. The lowest BCUT2D eigenvalue weighted by Gasteiger charge is -2.05. The van der Waals surface area contributed by atoms with E-state index in [1.54, 1.807) is 0 Å². The first-order valence-electron chi connectivity index (χ1n) is 5.29. The highest BCUT2D eigenvalue weighted by molar-refractivity contribution is 7.89. The number of hydrogen-bond acceptors (Lipinski definition) is 5. The van der Waals surface area contributed by atoms with Gasteiger partial charge in [-0.1, -0.05) is 0 Å². The second kappa shape index (κ2) is 6.25. The summed E-state index contributed by atoms with van der Waals surface area (Å²) in [5, 5.41) is 18.8. The van der Waals surface area contributed by atoms with Crippen LogP contribution in [0.1, 0.15) is 12.8 Å². The predicted octanol–water partition coefficient (Wildman–Crippen LogP) is 0.738. The van der Waals surface area contributed by atoms with Gasteiger partial charge in [0.15, 0.2) is 0 Å². The highest BCUT2D eigenvalue weighted by Crippen LogP contribution is 2.15. The Bertz CT molecular complexity index is 566. The van der Waals surface area contributed by atoms with E-state index in [0.717, 1.165) is 24.3 Å². The minimum Gasteiger partial charge on any atom is -0.481 e. The number of nitrogens with zero attached hydrogens (tertiary/aromatic N) is 1. The van der Waals surface area contributed by atoms with Crippen molar-refractivity contribution in [1.29, 1.82) is 0 Å². The van der Waals surface area contributed by atoms with Crippen LogP contribution < -0.4 is 4.72 Å². The molecule has 0 saturated carbocycles. The molecule has 1 aromatic carbocycles. The summed E-state index contributed by atoms with van der Waals surface area (Å²) in [6.07, 6.45) is 0.0321. The van der Waals surface area contributed by atoms with Crippen LogP contribution in [0.3, 0.4) is 0 Å². The third kappa shape index (κ3) is 4.64. The summed E-state index contributed by atoms with van der Waals surface area (Å²) in [6, 6.07) is 4.42. The normalized spacial score (nSPS) is 11.2. The summed E-state index contributed by atoms with van der Waals surface area (Å²) in [6.45, 7) is -0.00831. The van der Waals surface area contributed by atoms with Gasteiger partial charge >= 0.3 is 5.97 Å². The van der Waals surface area contributed by atoms with Gasteiger partial charge in [-0.05, 0) is 18.6 Å². The number of aliphatic carboxylic acids is 1. The Hall–Kier alpha value is -2.00. The Labute approximate surface area is 109 Å². The van der Waals surface area contributed by atoms with Crippen molar-refractivity contribution in [2.45, 2.75) is 17.7 Å². The molecule has 2 N–H and O–H groups in total. The van der Waals surface area contributed by atoms with Crippen LogP contribution in [0, 0.1) is 10.1 Å². The van der Waals surface area contributed by atoms with Crippen LogP contribution in [-0.2, 0) is 14.8 Å². The molecule has 0 spiro atoms. The number of benzene rings is 1. The number of carboxylic acids is 1. The number of non-ortho nitro benzene ring substituents is 1. The molecule has 0 aliphatic rings. The van der Waals surface area contributed by atoms with E-state index in [1.165, 1.54) is 0 Å². The molecule has 1 rings (SSSR count). The average Bonchev–Trinajstić information content (AvgIpc) is 2.34. The molecule has 9 heteroatoms. The van der Waals surface area contributed by atoms with Gasteiger partial charge in [0.25, 0.3) is 5.69 Å². The van der Waals surface area contributed by atoms with Gasteiger partial charge in [-0.15, -0.1) is 0 Å².